The molecule has 0 radical (unpaired) electrons. The number of carbonyl (C=O) groups excluding carboxylic acids is 2. The second-order valence-electron chi connectivity index (χ2n) is 7.82. The maximum Gasteiger partial charge on any atom is 0.254 e. The molecular formula is C23H27N5O4. The first-order chi connectivity index (χ1) is 15.5. The fraction of sp³-hybridized carbons (Fsp3) is 0.348. The molecule has 1 aliphatic carbocycles. The highest BCUT2D eigenvalue weighted by Gasteiger charge is 2.27. The minimum atomic E-state index is -0.624. The van der Waals surface area contributed by atoms with Crippen molar-refractivity contribution in [3.05, 3.63) is 59.2 Å². The van der Waals surface area contributed by atoms with Crippen molar-refractivity contribution in [2.75, 3.05) is 26.1 Å². The number of nitrogens with one attached hydrogen (secondary N) is 1. The van der Waals surface area contributed by atoms with Crippen molar-refractivity contribution in [1.29, 1.82) is 0 Å². The molecule has 2 amide bonds. The number of hydrogen-bond acceptors (Lipinski definition) is 6. The number of nitrogen functional groups attached to an aromatic ring is 1. The molecule has 0 saturated carbocycles. The third-order valence-corrected chi connectivity index (χ3v) is 5.78. The summed E-state index contributed by atoms with van der Waals surface area (Å²) in [5, 5.41) is 7.50. The van der Waals surface area contributed by atoms with E-state index in [1.165, 1.54) is 0 Å². The molecule has 1 unspecified atom stereocenters. The topological polar surface area (TPSA) is 134 Å². The molecule has 2 aliphatic rings. The quantitative estimate of drug-likeness (QED) is 0.604. The number of ether oxygens (including phenoxy) is 2. The molecule has 5 N–H and O–H groups in total. The summed E-state index contributed by atoms with van der Waals surface area (Å²) in [5.41, 5.74) is 14.7. The van der Waals surface area contributed by atoms with Gasteiger partial charge in [-0.25, -0.2) is 4.68 Å². The SMILES string of the molecule is COC1CC=CC=C1C(=O)NCc1ccc(-c2nn([C@@H]3CCOC3)c(N)c2C(N)=O)cc1. The molecule has 1 aromatic heterocycles. The van der Waals surface area contributed by atoms with E-state index in [4.69, 9.17) is 20.9 Å². The van der Waals surface area contributed by atoms with Crippen LogP contribution < -0.4 is 16.8 Å². The van der Waals surface area contributed by atoms with E-state index in [2.05, 4.69) is 10.4 Å². The average Bonchev–Trinajstić information content (AvgIpc) is 3.45. The van der Waals surface area contributed by atoms with E-state index < -0.39 is 5.91 Å². The number of rotatable bonds is 7. The minimum absolute atomic E-state index is 0.0174. The number of amides is 2. The molecule has 2 aromatic rings. The third-order valence-electron chi connectivity index (χ3n) is 5.78. The van der Waals surface area contributed by atoms with Crippen molar-refractivity contribution >= 4 is 17.6 Å². The summed E-state index contributed by atoms with van der Waals surface area (Å²) in [6.45, 7) is 1.48. The summed E-state index contributed by atoms with van der Waals surface area (Å²) in [6.07, 6.45) is 6.82. The van der Waals surface area contributed by atoms with Crippen LogP contribution in [0.3, 0.4) is 0 Å². The number of carbonyl (C=O) groups is 2. The predicted octanol–water partition coefficient (Wildman–Crippen LogP) is 1.71. The van der Waals surface area contributed by atoms with Crippen molar-refractivity contribution in [3.63, 3.8) is 0 Å². The van der Waals surface area contributed by atoms with Crippen molar-refractivity contribution in [2.24, 2.45) is 5.73 Å². The van der Waals surface area contributed by atoms with Crippen LogP contribution in [-0.2, 0) is 20.8 Å². The molecule has 2 atom stereocenters. The van der Waals surface area contributed by atoms with Crippen LogP contribution in [0.2, 0.25) is 0 Å². The number of anilines is 1. The maximum absolute atomic E-state index is 12.5. The summed E-state index contributed by atoms with van der Waals surface area (Å²) < 4.78 is 12.4. The van der Waals surface area contributed by atoms with Gasteiger partial charge in [0.1, 0.15) is 17.1 Å². The summed E-state index contributed by atoms with van der Waals surface area (Å²) in [6, 6.07) is 7.41. The van der Waals surface area contributed by atoms with Crippen LogP contribution in [0.1, 0.15) is 34.8 Å². The number of aromatic nitrogens is 2. The van der Waals surface area contributed by atoms with Crippen LogP contribution in [0.25, 0.3) is 11.3 Å². The lowest BCUT2D eigenvalue weighted by Gasteiger charge is -2.19. The summed E-state index contributed by atoms with van der Waals surface area (Å²) >= 11 is 0. The molecule has 0 spiro atoms. The zero-order valence-electron chi connectivity index (χ0n) is 17.9. The van der Waals surface area contributed by atoms with E-state index in [-0.39, 0.29) is 29.4 Å². The Morgan fingerprint density at radius 2 is 2.09 bits per heavy atom. The van der Waals surface area contributed by atoms with Gasteiger partial charge in [0.25, 0.3) is 5.91 Å². The fourth-order valence-corrected chi connectivity index (χ4v) is 4.00. The average molecular weight is 438 g/mol. The first-order valence-electron chi connectivity index (χ1n) is 10.5. The van der Waals surface area contributed by atoms with Crippen LogP contribution in [0.5, 0.6) is 0 Å². The lowest BCUT2D eigenvalue weighted by atomic mass is 10.0. The van der Waals surface area contributed by atoms with Crippen molar-refractivity contribution in [3.8, 4) is 11.3 Å². The minimum Gasteiger partial charge on any atom is -0.383 e. The Balaban J connectivity index is 1.50. The Morgan fingerprint density at radius 3 is 2.75 bits per heavy atom. The Bertz CT molecular complexity index is 1060. The van der Waals surface area contributed by atoms with Gasteiger partial charge in [0.15, 0.2) is 0 Å². The zero-order valence-corrected chi connectivity index (χ0v) is 17.9. The van der Waals surface area contributed by atoms with Crippen molar-refractivity contribution in [2.45, 2.75) is 31.5 Å². The second-order valence-corrected chi connectivity index (χ2v) is 7.82. The maximum atomic E-state index is 12.5. The van der Waals surface area contributed by atoms with Crippen LogP contribution in [0.15, 0.2) is 48.1 Å². The molecule has 4 rings (SSSR count). The number of methoxy groups -OCH3 is 1. The lowest BCUT2D eigenvalue weighted by Crippen LogP contribution is -2.31. The van der Waals surface area contributed by atoms with Crippen molar-refractivity contribution in [1.82, 2.24) is 15.1 Å². The number of allylic oxidation sites excluding steroid dienone is 2. The van der Waals surface area contributed by atoms with E-state index in [0.29, 0.717) is 37.4 Å². The van der Waals surface area contributed by atoms with E-state index in [1.807, 2.05) is 36.4 Å². The largest absolute Gasteiger partial charge is 0.383 e. The number of hydrogen-bond donors (Lipinski definition) is 3. The highest BCUT2D eigenvalue weighted by atomic mass is 16.5. The normalized spacial score (nSPS) is 20.2. The van der Waals surface area contributed by atoms with Gasteiger partial charge in [0.05, 0.1) is 18.8 Å². The van der Waals surface area contributed by atoms with Gasteiger partial charge < -0.3 is 26.3 Å². The van der Waals surface area contributed by atoms with Gasteiger partial charge in [-0.15, -0.1) is 0 Å². The highest BCUT2D eigenvalue weighted by Crippen LogP contribution is 2.31. The molecule has 9 heteroatoms. The standard InChI is InChI=1S/C23H27N5O4/c1-31-18-5-3-2-4-17(18)23(30)26-12-14-6-8-15(9-7-14)20-19(22(25)29)21(24)28(27-20)16-10-11-32-13-16/h2-4,6-9,16,18H,5,10-13,24H2,1H3,(H2,25,29)(H,26,30)/t16-,18?/m1/s1. The molecule has 168 valence electrons. The zero-order chi connectivity index (χ0) is 22.7. The monoisotopic (exact) mass is 437 g/mol. The molecule has 32 heavy (non-hydrogen) atoms. The molecule has 0 bridgehead atoms. The first-order valence-corrected chi connectivity index (χ1v) is 10.5. The van der Waals surface area contributed by atoms with Gasteiger partial charge >= 0.3 is 0 Å². The third kappa shape index (κ3) is 4.30. The predicted molar refractivity (Wildman–Crippen MR) is 120 cm³/mol. The molecule has 2 heterocycles. The molecular weight excluding hydrogens is 410 g/mol. The van der Waals surface area contributed by atoms with Crippen LogP contribution in [0, 0.1) is 0 Å². The summed E-state index contributed by atoms with van der Waals surface area (Å²) in [7, 11) is 1.60. The highest BCUT2D eigenvalue weighted by molar-refractivity contribution is 6.03. The molecule has 1 fully saturated rings. The summed E-state index contributed by atoms with van der Waals surface area (Å²) in [5.74, 6) is -0.532. The number of nitrogens with two attached hydrogens (primary N) is 2. The van der Waals surface area contributed by atoms with Crippen molar-refractivity contribution < 1.29 is 19.1 Å². The van der Waals surface area contributed by atoms with Gasteiger partial charge in [-0.2, -0.15) is 5.10 Å². The van der Waals surface area contributed by atoms with Crippen LogP contribution in [0.4, 0.5) is 5.82 Å². The van der Waals surface area contributed by atoms with Gasteiger partial charge in [-0.3, -0.25) is 9.59 Å². The fourth-order valence-electron chi connectivity index (χ4n) is 4.00. The Morgan fingerprint density at radius 1 is 1.31 bits per heavy atom. The molecule has 1 aliphatic heterocycles. The number of nitrogens with zero attached hydrogens (tertiary/aromatic N) is 2. The first kappa shape index (κ1) is 21.8. The smallest absolute Gasteiger partial charge is 0.254 e. The summed E-state index contributed by atoms with van der Waals surface area (Å²) in [4.78, 5) is 24.6. The van der Waals surface area contributed by atoms with Gasteiger partial charge in [0, 0.05) is 31.4 Å². The Labute approximate surface area is 186 Å². The van der Waals surface area contributed by atoms with Gasteiger partial charge in [-0.1, -0.05) is 42.5 Å². The van der Waals surface area contributed by atoms with E-state index in [0.717, 1.165) is 17.5 Å². The Hall–Kier alpha value is -3.43. The molecule has 1 saturated heterocycles. The molecule has 1 aromatic carbocycles. The van der Waals surface area contributed by atoms with Gasteiger partial charge in [-0.05, 0) is 18.4 Å². The van der Waals surface area contributed by atoms with E-state index in [9.17, 15) is 9.59 Å². The van der Waals surface area contributed by atoms with Gasteiger partial charge in [0.2, 0.25) is 5.91 Å². The van der Waals surface area contributed by atoms with E-state index in [1.54, 1.807) is 17.9 Å². The van der Waals surface area contributed by atoms with Crippen LogP contribution >= 0.6 is 0 Å². The second kappa shape index (κ2) is 9.37. The number of primary amides is 1. The Kier molecular flexibility index (Phi) is 6.38. The van der Waals surface area contributed by atoms with Crippen LogP contribution in [-0.4, -0.2) is 48.0 Å². The lowest BCUT2D eigenvalue weighted by molar-refractivity contribution is -0.118. The van der Waals surface area contributed by atoms with E-state index >= 15 is 0 Å². The molecule has 9 nitrogen and oxygen atoms in total. The number of benzene rings is 1.